The fraction of sp³-hybridized carbons (Fsp3) is 0.941. The highest BCUT2D eigenvalue weighted by atomic mass is 16.5. The van der Waals surface area contributed by atoms with Crippen molar-refractivity contribution < 1.29 is 9.53 Å². The Morgan fingerprint density at radius 2 is 1.64 bits per heavy atom. The minimum atomic E-state index is -0.155. The largest absolute Gasteiger partial charge is 0.374 e. The van der Waals surface area contributed by atoms with Crippen molar-refractivity contribution >= 4 is 5.91 Å². The molecule has 0 saturated carbocycles. The minimum Gasteiger partial charge on any atom is -0.374 e. The average Bonchev–Trinajstić information content (AvgIpc) is 2.33. The Labute approximate surface area is 136 Å². The van der Waals surface area contributed by atoms with Crippen LogP contribution >= 0.6 is 0 Å². The zero-order valence-corrected chi connectivity index (χ0v) is 15.5. The number of rotatable bonds is 5. The molecule has 1 atom stereocenters. The molecule has 5 nitrogen and oxygen atoms in total. The van der Waals surface area contributed by atoms with E-state index in [4.69, 9.17) is 4.74 Å². The lowest BCUT2D eigenvalue weighted by molar-refractivity contribution is -0.124. The predicted octanol–water partition coefficient (Wildman–Crippen LogP) is 1.72. The minimum absolute atomic E-state index is 0.0822. The van der Waals surface area contributed by atoms with Gasteiger partial charge in [0.2, 0.25) is 5.91 Å². The van der Waals surface area contributed by atoms with Crippen molar-refractivity contribution in [2.75, 3.05) is 39.3 Å². The third-order valence-electron chi connectivity index (χ3n) is 3.67. The Hall–Kier alpha value is -0.650. The van der Waals surface area contributed by atoms with E-state index in [9.17, 15) is 4.79 Å². The van der Waals surface area contributed by atoms with Gasteiger partial charge in [-0.15, -0.1) is 0 Å². The van der Waals surface area contributed by atoms with Crippen LogP contribution in [0.2, 0.25) is 0 Å². The maximum atomic E-state index is 12.0. The van der Waals surface area contributed by atoms with Gasteiger partial charge in [0.1, 0.15) is 0 Å². The third kappa shape index (κ3) is 8.11. The summed E-state index contributed by atoms with van der Waals surface area (Å²) in [5, 5.41) is 3.02. The molecule has 0 aromatic rings. The molecule has 0 aliphatic carbocycles. The number of nitrogens with one attached hydrogen (secondary N) is 1. The molecule has 1 aliphatic heterocycles. The number of hydrogen-bond donors (Lipinski definition) is 1. The van der Waals surface area contributed by atoms with Crippen molar-refractivity contribution in [3.8, 4) is 0 Å². The number of carbonyl (C=O) groups is 1. The number of carbonyl (C=O) groups excluding carboxylic acids is 1. The molecular formula is C17H35N3O2. The molecule has 0 aromatic carbocycles. The van der Waals surface area contributed by atoms with Crippen molar-refractivity contribution in [1.82, 2.24) is 15.1 Å². The smallest absolute Gasteiger partial charge is 0.234 e. The molecule has 0 spiro atoms. The van der Waals surface area contributed by atoms with Gasteiger partial charge in [0.15, 0.2) is 0 Å². The quantitative estimate of drug-likeness (QED) is 0.839. The standard InChI is InChI=1S/C17H35N3O2/c1-14(13-22-17(5,6)7)20-10-8-19(9-11-20)12-15(21)18-16(2,3)4/h14H,8-13H2,1-7H3,(H,18,21). The van der Waals surface area contributed by atoms with Gasteiger partial charge in [0.25, 0.3) is 0 Å². The normalized spacial score (nSPS) is 20.0. The lowest BCUT2D eigenvalue weighted by Crippen LogP contribution is -2.54. The van der Waals surface area contributed by atoms with Crippen molar-refractivity contribution in [1.29, 1.82) is 0 Å². The number of nitrogens with zero attached hydrogens (tertiary/aromatic N) is 2. The molecule has 1 unspecified atom stereocenters. The topological polar surface area (TPSA) is 44.8 Å². The molecular weight excluding hydrogens is 278 g/mol. The summed E-state index contributed by atoms with van der Waals surface area (Å²) in [6, 6.07) is 0.421. The van der Waals surface area contributed by atoms with Gasteiger partial charge in [-0.25, -0.2) is 0 Å². The average molecular weight is 313 g/mol. The first-order valence-electron chi connectivity index (χ1n) is 8.38. The Morgan fingerprint density at radius 3 is 2.09 bits per heavy atom. The Kier molecular flexibility index (Phi) is 6.84. The first kappa shape index (κ1) is 19.4. The van der Waals surface area contributed by atoms with Crippen molar-refractivity contribution in [3.05, 3.63) is 0 Å². The lowest BCUT2D eigenvalue weighted by Gasteiger charge is -2.38. The number of amides is 1. The summed E-state index contributed by atoms with van der Waals surface area (Å²) in [6.07, 6.45) is 0. The van der Waals surface area contributed by atoms with Crippen LogP contribution < -0.4 is 5.32 Å². The summed E-state index contributed by atoms with van der Waals surface area (Å²) in [7, 11) is 0. The van der Waals surface area contributed by atoms with Crippen LogP contribution in [0, 0.1) is 0 Å². The maximum absolute atomic E-state index is 12.0. The van der Waals surface area contributed by atoms with E-state index in [1.54, 1.807) is 0 Å². The zero-order chi connectivity index (χ0) is 17.0. The summed E-state index contributed by atoms with van der Waals surface area (Å²) in [5.41, 5.74) is -0.237. The fourth-order valence-corrected chi connectivity index (χ4v) is 2.50. The van der Waals surface area contributed by atoms with Gasteiger partial charge >= 0.3 is 0 Å². The molecule has 1 amide bonds. The molecule has 5 heteroatoms. The molecule has 1 saturated heterocycles. The molecule has 22 heavy (non-hydrogen) atoms. The molecule has 0 radical (unpaired) electrons. The van der Waals surface area contributed by atoms with Crippen LogP contribution in [0.4, 0.5) is 0 Å². The Bertz CT molecular complexity index is 350. The van der Waals surface area contributed by atoms with E-state index in [-0.39, 0.29) is 17.0 Å². The van der Waals surface area contributed by atoms with Gasteiger partial charge in [-0.1, -0.05) is 0 Å². The van der Waals surface area contributed by atoms with Crippen molar-refractivity contribution in [2.45, 2.75) is 65.6 Å². The Balaban J connectivity index is 2.29. The second-order valence-corrected chi connectivity index (χ2v) is 8.38. The molecule has 1 fully saturated rings. The van der Waals surface area contributed by atoms with Gasteiger partial charge < -0.3 is 10.1 Å². The highest BCUT2D eigenvalue weighted by molar-refractivity contribution is 5.78. The summed E-state index contributed by atoms with van der Waals surface area (Å²) in [4.78, 5) is 16.6. The Morgan fingerprint density at radius 1 is 1.09 bits per heavy atom. The van der Waals surface area contributed by atoms with E-state index in [2.05, 4.69) is 42.8 Å². The molecule has 1 N–H and O–H groups in total. The third-order valence-corrected chi connectivity index (χ3v) is 3.67. The van der Waals surface area contributed by atoms with Crippen molar-refractivity contribution in [2.24, 2.45) is 0 Å². The van der Waals surface area contributed by atoms with Crippen LogP contribution in [0.25, 0.3) is 0 Å². The lowest BCUT2D eigenvalue weighted by atomic mass is 10.1. The van der Waals surface area contributed by atoms with Gasteiger partial charge in [-0.05, 0) is 48.5 Å². The van der Waals surface area contributed by atoms with E-state index in [0.29, 0.717) is 12.6 Å². The highest BCUT2D eigenvalue weighted by Gasteiger charge is 2.24. The number of ether oxygens (including phenoxy) is 1. The van der Waals surface area contributed by atoms with Gasteiger partial charge in [0.05, 0.1) is 18.8 Å². The van der Waals surface area contributed by atoms with Crippen LogP contribution in [0.15, 0.2) is 0 Å². The van der Waals surface area contributed by atoms with Gasteiger partial charge in [-0.2, -0.15) is 0 Å². The van der Waals surface area contributed by atoms with E-state index < -0.39 is 0 Å². The second kappa shape index (κ2) is 7.75. The van der Waals surface area contributed by atoms with Crippen LogP contribution in [0.1, 0.15) is 48.5 Å². The molecule has 130 valence electrons. The van der Waals surface area contributed by atoms with E-state index >= 15 is 0 Å². The van der Waals surface area contributed by atoms with Gasteiger partial charge in [-0.3, -0.25) is 14.6 Å². The summed E-state index contributed by atoms with van der Waals surface area (Å²) in [6.45, 7) is 19.7. The van der Waals surface area contributed by atoms with Gasteiger partial charge in [0, 0.05) is 37.8 Å². The monoisotopic (exact) mass is 313 g/mol. The molecule has 1 rings (SSSR count). The number of hydrogen-bond acceptors (Lipinski definition) is 4. The van der Waals surface area contributed by atoms with Crippen LogP contribution in [0.3, 0.4) is 0 Å². The van der Waals surface area contributed by atoms with E-state index in [1.807, 2.05) is 20.8 Å². The molecule has 0 bridgehead atoms. The second-order valence-electron chi connectivity index (χ2n) is 8.38. The van der Waals surface area contributed by atoms with E-state index in [1.165, 1.54) is 0 Å². The first-order valence-corrected chi connectivity index (χ1v) is 8.38. The summed E-state index contributed by atoms with van der Waals surface area (Å²) in [5.74, 6) is 0.116. The summed E-state index contributed by atoms with van der Waals surface area (Å²) >= 11 is 0. The maximum Gasteiger partial charge on any atom is 0.234 e. The zero-order valence-electron chi connectivity index (χ0n) is 15.5. The van der Waals surface area contributed by atoms with E-state index in [0.717, 1.165) is 32.8 Å². The number of piperazine rings is 1. The first-order chi connectivity index (χ1) is 9.96. The summed E-state index contributed by atoms with van der Waals surface area (Å²) < 4.78 is 5.87. The molecule has 1 heterocycles. The van der Waals surface area contributed by atoms with Crippen LogP contribution in [-0.2, 0) is 9.53 Å². The molecule has 0 aromatic heterocycles. The van der Waals surface area contributed by atoms with Crippen LogP contribution in [-0.4, -0.2) is 72.2 Å². The SMILES string of the molecule is CC(COC(C)(C)C)N1CCN(CC(=O)NC(C)(C)C)CC1. The van der Waals surface area contributed by atoms with Crippen molar-refractivity contribution in [3.63, 3.8) is 0 Å². The fourth-order valence-electron chi connectivity index (χ4n) is 2.50. The highest BCUT2D eigenvalue weighted by Crippen LogP contribution is 2.12. The predicted molar refractivity (Wildman–Crippen MR) is 91.1 cm³/mol. The molecule has 1 aliphatic rings. The van der Waals surface area contributed by atoms with Crippen LogP contribution in [0.5, 0.6) is 0 Å².